The maximum atomic E-state index is 12.7. The normalized spacial score (nSPS) is 11.3. The standard InChI is InChI=1S/C19H20ClN7O/c1-13-18(20)14(2)27(22-13)12-26-9-7-16(23-26)19(28)24(3)10-15-11-25-8-5-4-6-17(25)21-15/h4-9,11H,10,12H2,1-3H3. The zero-order chi connectivity index (χ0) is 19.8. The molecule has 4 heterocycles. The minimum atomic E-state index is -0.165. The van der Waals surface area contributed by atoms with Gasteiger partial charge in [-0.15, -0.1) is 0 Å². The lowest BCUT2D eigenvalue weighted by Crippen LogP contribution is -2.27. The van der Waals surface area contributed by atoms with Gasteiger partial charge in [0.1, 0.15) is 18.0 Å². The smallest absolute Gasteiger partial charge is 0.274 e. The molecule has 0 aliphatic rings. The molecule has 0 radical (unpaired) electrons. The van der Waals surface area contributed by atoms with Crippen molar-refractivity contribution in [2.24, 2.45) is 0 Å². The quantitative estimate of drug-likeness (QED) is 0.519. The number of hydrogen-bond acceptors (Lipinski definition) is 4. The van der Waals surface area contributed by atoms with Crippen LogP contribution < -0.4 is 0 Å². The van der Waals surface area contributed by atoms with Crippen molar-refractivity contribution in [1.29, 1.82) is 0 Å². The molecule has 0 bridgehead atoms. The van der Waals surface area contributed by atoms with Crippen molar-refractivity contribution in [2.45, 2.75) is 27.1 Å². The van der Waals surface area contributed by atoms with Crippen LogP contribution in [0.25, 0.3) is 5.65 Å². The van der Waals surface area contributed by atoms with Crippen LogP contribution in [0.2, 0.25) is 5.02 Å². The fourth-order valence-corrected chi connectivity index (χ4v) is 3.21. The van der Waals surface area contributed by atoms with Crippen molar-refractivity contribution < 1.29 is 4.79 Å². The fourth-order valence-electron chi connectivity index (χ4n) is 3.08. The first-order valence-electron chi connectivity index (χ1n) is 8.83. The van der Waals surface area contributed by atoms with Crippen LogP contribution in [0.3, 0.4) is 0 Å². The van der Waals surface area contributed by atoms with Crippen LogP contribution in [0.4, 0.5) is 0 Å². The number of imidazole rings is 1. The highest BCUT2D eigenvalue weighted by molar-refractivity contribution is 6.31. The first-order valence-corrected chi connectivity index (χ1v) is 9.21. The molecule has 4 rings (SSSR count). The van der Waals surface area contributed by atoms with Crippen LogP contribution >= 0.6 is 11.6 Å². The molecule has 0 unspecified atom stereocenters. The van der Waals surface area contributed by atoms with Gasteiger partial charge >= 0.3 is 0 Å². The number of carbonyl (C=O) groups excluding carboxylic acids is 1. The van der Waals surface area contributed by atoms with E-state index in [4.69, 9.17) is 11.6 Å². The van der Waals surface area contributed by atoms with E-state index in [1.165, 1.54) is 0 Å². The molecular formula is C19H20ClN7O. The summed E-state index contributed by atoms with van der Waals surface area (Å²) in [6.07, 6.45) is 5.61. The molecule has 0 saturated carbocycles. The van der Waals surface area contributed by atoms with E-state index in [2.05, 4.69) is 15.2 Å². The molecule has 9 heteroatoms. The van der Waals surface area contributed by atoms with Gasteiger partial charge in [-0.05, 0) is 32.0 Å². The van der Waals surface area contributed by atoms with Gasteiger partial charge in [-0.1, -0.05) is 17.7 Å². The predicted molar refractivity (Wildman–Crippen MR) is 105 cm³/mol. The Morgan fingerprint density at radius 1 is 1.18 bits per heavy atom. The molecule has 28 heavy (non-hydrogen) atoms. The van der Waals surface area contributed by atoms with Crippen LogP contribution in [0.1, 0.15) is 27.6 Å². The Kier molecular flexibility index (Phi) is 4.64. The van der Waals surface area contributed by atoms with E-state index in [0.29, 0.717) is 23.9 Å². The zero-order valence-corrected chi connectivity index (χ0v) is 16.6. The third-order valence-electron chi connectivity index (χ3n) is 4.59. The van der Waals surface area contributed by atoms with Gasteiger partial charge in [0.05, 0.1) is 28.6 Å². The number of hydrogen-bond donors (Lipinski definition) is 0. The molecule has 0 spiro atoms. The molecule has 0 fully saturated rings. The Hall–Kier alpha value is -3.13. The Morgan fingerprint density at radius 2 is 2.00 bits per heavy atom. The molecule has 0 N–H and O–H groups in total. The number of rotatable bonds is 5. The van der Waals surface area contributed by atoms with Crippen molar-refractivity contribution in [3.05, 3.63) is 70.7 Å². The second-order valence-electron chi connectivity index (χ2n) is 6.73. The maximum Gasteiger partial charge on any atom is 0.274 e. The van der Waals surface area contributed by atoms with Crippen LogP contribution in [0, 0.1) is 13.8 Å². The van der Waals surface area contributed by atoms with Crippen LogP contribution in [0.5, 0.6) is 0 Å². The van der Waals surface area contributed by atoms with Gasteiger partial charge in [-0.25, -0.2) is 9.67 Å². The number of nitrogens with zero attached hydrogens (tertiary/aromatic N) is 7. The van der Waals surface area contributed by atoms with Crippen LogP contribution in [-0.4, -0.2) is 46.8 Å². The van der Waals surface area contributed by atoms with Gasteiger partial charge < -0.3 is 9.30 Å². The maximum absolute atomic E-state index is 12.7. The second-order valence-corrected chi connectivity index (χ2v) is 7.10. The Morgan fingerprint density at radius 3 is 2.71 bits per heavy atom. The summed E-state index contributed by atoms with van der Waals surface area (Å²) >= 11 is 6.19. The Balaban J connectivity index is 1.46. The van der Waals surface area contributed by atoms with Crippen molar-refractivity contribution in [3.63, 3.8) is 0 Å². The van der Waals surface area contributed by atoms with Crippen LogP contribution in [0.15, 0.2) is 42.9 Å². The van der Waals surface area contributed by atoms with E-state index in [9.17, 15) is 4.79 Å². The van der Waals surface area contributed by atoms with Gasteiger partial charge in [0.2, 0.25) is 0 Å². The summed E-state index contributed by atoms with van der Waals surface area (Å²) in [5.74, 6) is -0.165. The van der Waals surface area contributed by atoms with E-state index in [1.54, 1.807) is 33.6 Å². The van der Waals surface area contributed by atoms with E-state index < -0.39 is 0 Å². The molecule has 0 saturated heterocycles. The van der Waals surface area contributed by atoms with Gasteiger partial charge in [0.15, 0.2) is 0 Å². The zero-order valence-electron chi connectivity index (χ0n) is 15.9. The summed E-state index contributed by atoms with van der Waals surface area (Å²) in [5.41, 5.74) is 3.69. The van der Waals surface area contributed by atoms with E-state index in [0.717, 1.165) is 22.7 Å². The molecule has 0 aliphatic carbocycles. The van der Waals surface area contributed by atoms with Crippen LogP contribution in [-0.2, 0) is 13.2 Å². The average Bonchev–Trinajstić information content (AvgIpc) is 3.36. The molecule has 4 aromatic heterocycles. The molecule has 0 atom stereocenters. The number of aromatic nitrogens is 6. The minimum Gasteiger partial charge on any atom is -0.334 e. The van der Waals surface area contributed by atoms with E-state index >= 15 is 0 Å². The summed E-state index contributed by atoms with van der Waals surface area (Å²) in [7, 11) is 1.74. The predicted octanol–water partition coefficient (Wildman–Crippen LogP) is 2.78. The first kappa shape index (κ1) is 18.2. The third-order valence-corrected chi connectivity index (χ3v) is 5.14. The number of halogens is 1. The number of carbonyl (C=O) groups is 1. The summed E-state index contributed by atoms with van der Waals surface area (Å²) < 4.78 is 5.36. The van der Waals surface area contributed by atoms with E-state index in [-0.39, 0.29) is 5.91 Å². The van der Waals surface area contributed by atoms with Crippen molar-refractivity contribution >= 4 is 23.2 Å². The lowest BCUT2D eigenvalue weighted by Gasteiger charge is -2.14. The molecule has 1 amide bonds. The summed E-state index contributed by atoms with van der Waals surface area (Å²) in [5, 5.41) is 9.42. The SMILES string of the molecule is Cc1nn(Cn2ccc(C(=O)N(C)Cc3cn4ccccc4n3)n2)c(C)c1Cl. The minimum absolute atomic E-state index is 0.165. The van der Waals surface area contributed by atoms with Gasteiger partial charge in [0.25, 0.3) is 5.91 Å². The summed E-state index contributed by atoms with van der Waals surface area (Å²) in [4.78, 5) is 18.9. The van der Waals surface area contributed by atoms with E-state index in [1.807, 2.05) is 48.8 Å². The monoisotopic (exact) mass is 397 g/mol. The Bertz CT molecular complexity index is 1120. The molecule has 0 aliphatic heterocycles. The molecule has 144 valence electrons. The molecular weight excluding hydrogens is 378 g/mol. The lowest BCUT2D eigenvalue weighted by atomic mass is 10.3. The number of pyridine rings is 1. The third kappa shape index (κ3) is 3.38. The highest BCUT2D eigenvalue weighted by Gasteiger charge is 2.17. The van der Waals surface area contributed by atoms with Crippen molar-refractivity contribution in [1.82, 2.24) is 33.8 Å². The highest BCUT2D eigenvalue weighted by atomic mass is 35.5. The molecule has 8 nitrogen and oxygen atoms in total. The second kappa shape index (κ2) is 7.12. The topological polar surface area (TPSA) is 73.2 Å². The van der Waals surface area contributed by atoms with Gasteiger partial charge in [-0.2, -0.15) is 10.2 Å². The van der Waals surface area contributed by atoms with Gasteiger partial charge in [-0.3, -0.25) is 9.48 Å². The first-order chi connectivity index (χ1) is 13.4. The molecule has 0 aromatic carbocycles. The average molecular weight is 398 g/mol. The summed E-state index contributed by atoms with van der Waals surface area (Å²) in [6, 6.07) is 7.51. The number of amides is 1. The largest absolute Gasteiger partial charge is 0.334 e. The van der Waals surface area contributed by atoms with Crippen molar-refractivity contribution in [3.8, 4) is 0 Å². The fraction of sp³-hybridized carbons (Fsp3) is 0.263. The number of fused-ring (bicyclic) bond motifs is 1. The lowest BCUT2D eigenvalue weighted by molar-refractivity contribution is 0.0776. The Labute approximate surface area is 167 Å². The number of aryl methyl sites for hydroxylation is 1. The van der Waals surface area contributed by atoms with Crippen molar-refractivity contribution in [2.75, 3.05) is 7.05 Å². The molecule has 4 aromatic rings. The highest BCUT2D eigenvalue weighted by Crippen LogP contribution is 2.18. The van der Waals surface area contributed by atoms with Gasteiger partial charge in [0, 0.05) is 25.6 Å². The summed E-state index contributed by atoms with van der Waals surface area (Å²) in [6.45, 7) is 4.56.